The summed E-state index contributed by atoms with van der Waals surface area (Å²) in [5, 5.41) is 18.0. The number of H-pyrrole nitrogens is 1. The molecule has 10 heteroatoms. The summed E-state index contributed by atoms with van der Waals surface area (Å²) < 4.78 is 18.4. The van der Waals surface area contributed by atoms with Gasteiger partial charge in [0.25, 0.3) is 0 Å². The molecule has 0 bridgehead atoms. The van der Waals surface area contributed by atoms with Crippen LogP contribution < -0.4 is 5.48 Å². The lowest BCUT2D eigenvalue weighted by atomic mass is 10.0. The molecular weight excluding hydrogens is 457 g/mol. The van der Waals surface area contributed by atoms with Gasteiger partial charge in [-0.05, 0) is 50.9 Å². The van der Waals surface area contributed by atoms with Gasteiger partial charge in [0.05, 0.1) is 16.6 Å². The number of nitrogens with zero attached hydrogens (tertiary/aromatic N) is 3. The first-order valence-corrected chi connectivity index (χ1v) is 9.67. The molecule has 4 rings (SSSR count). The molecule has 3 N–H and O–H groups in total. The number of aliphatic imine (C=N–C) groups is 1. The summed E-state index contributed by atoms with van der Waals surface area (Å²) in [6.45, 7) is 0. The zero-order valence-electron chi connectivity index (χ0n) is 15.4. The number of fused-ring (bicyclic) bond motifs is 1. The summed E-state index contributed by atoms with van der Waals surface area (Å²) in [7, 11) is 0. The van der Waals surface area contributed by atoms with Crippen LogP contribution in [0.2, 0.25) is 0 Å². The van der Waals surface area contributed by atoms with Crippen LogP contribution >= 0.6 is 15.9 Å². The van der Waals surface area contributed by atoms with E-state index in [9.17, 15) is 14.4 Å². The van der Waals surface area contributed by atoms with Crippen LogP contribution in [-0.4, -0.2) is 32.1 Å². The topological polar surface area (TPSA) is 116 Å². The van der Waals surface area contributed by atoms with E-state index in [0.717, 1.165) is 16.5 Å². The molecule has 0 fully saturated rings. The number of aromatic nitrogens is 3. The Kier molecular flexibility index (Phi) is 5.68. The average Bonchev–Trinajstić information content (AvgIpc) is 3.36. The van der Waals surface area contributed by atoms with Gasteiger partial charge in [-0.25, -0.2) is 14.0 Å². The largest absolute Gasteiger partial charge is 0.361 e. The quantitative estimate of drug-likeness (QED) is 0.223. The third kappa shape index (κ3) is 4.14. The Balaban J connectivity index is 1.55. The number of hydroxylamine groups is 1. The van der Waals surface area contributed by atoms with Crippen molar-refractivity contribution in [1.82, 2.24) is 20.8 Å². The number of halogens is 2. The number of hydrogen-bond donors (Lipinski definition) is 3. The van der Waals surface area contributed by atoms with Crippen molar-refractivity contribution in [3.05, 3.63) is 75.9 Å². The highest BCUT2D eigenvalue weighted by molar-refractivity contribution is 9.10. The summed E-state index contributed by atoms with van der Waals surface area (Å²) >= 11 is 3.08. The Morgan fingerprint density at radius 1 is 1.23 bits per heavy atom. The van der Waals surface area contributed by atoms with Gasteiger partial charge in [-0.15, -0.1) is 0 Å². The summed E-state index contributed by atoms with van der Waals surface area (Å²) in [4.78, 5) is 20.0. The fourth-order valence-corrected chi connectivity index (χ4v) is 3.42. The van der Waals surface area contributed by atoms with E-state index in [1.807, 2.05) is 29.7 Å². The molecule has 0 aliphatic rings. The number of rotatable bonds is 6. The SMILES string of the molecule is O=C(Cc1nonc1C(=Nc1ccc(F)c(Br)c1)NO)Cc1c[nH]c2ccccc12. The van der Waals surface area contributed by atoms with Gasteiger partial charge in [0.2, 0.25) is 0 Å². The van der Waals surface area contributed by atoms with Gasteiger partial charge >= 0.3 is 0 Å². The van der Waals surface area contributed by atoms with Crippen LogP contribution in [0.3, 0.4) is 0 Å². The Morgan fingerprint density at radius 2 is 2.07 bits per heavy atom. The molecule has 4 aromatic rings. The average molecular weight is 472 g/mol. The third-order valence-electron chi connectivity index (χ3n) is 4.46. The fraction of sp³-hybridized carbons (Fsp3) is 0.100. The molecule has 0 spiro atoms. The van der Waals surface area contributed by atoms with Crippen molar-refractivity contribution >= 4 is 44.1 Å². The van der Waals surface area contributed by atoms with Crippen molar-refractivity contribution in [3.63, 3.8) is 0 Å². The van der Waals surface area contributed by atoms with E-state index in [-0.39, 0.29) is 40.3 Å². The lowest BCUT2D eigenvalue weighted by molar-refractivity contribution is -0.117. The van der Waals surface area contributed by atoms with Crippen LogP contribution in [0.4, 0.5) is 10.1 Å². The first-order valence-electron chi connectivity index (χ1n) is 8.87. The minimum atomic E-state index is -0.445. The second kappa shape index (κ2) is 8.56. The number of Topliss-reactive ketones (excluding diaryl/α,β-unsaturated/α-hetero) is 1. The normalized spacial score (nSPS) is 11.8. The first kappa shape index (κ1) is 19.9. The molecule has 8 nitrogen and oxygen atoms in total. The van der Waals surface area contributed by atoms with E-state index in [4.69, 9.17) is 4.63 Å². The third-order valence-corrected chi connectivity index (χ3v) is 5.07. The molecule has 30 heavy (non-hydrogen) atoms. The van der Waals surface area contributed by atoms with Gasteiger partial charge in [0, 0.05) is 23.5 Å². The smallest absolute Gasteiger partial charge is 0.182 e. The van der Waals surface area contributed by atoms with Gasteiger partial charge < -0.3 is 4.98 Å². The van der Waals surface area contributed by atoms with Gasteiger partial charge in [0.1, 0.15) is 17.3 Å². The van der Waals surface area contributed by atoms with Crippen LogP contribution in [-0.2, 0) is 17.6 Å². The molecule has 0 aliphatic carbocycles. The minimum absolute atomic E-state index is 0.0633. The molecule has 2 aromatic carbocycles. The Morgan fingerprint density at radius 3 is 2.87 bits per heavy atom. The highest BCUT2D eigenvalue weighted by Gasteiger charge is 2.20. The first-order chi connectivity index (χ1) is 14.5. The number of benzene rings is 2. The Bertz CT molecular complexity index is 1250. The lowest BCUT2D eigenvalue weighted by Crippen LogP contribution is -2.23. The predicted molar refractivity (Wildman–Crippen MR) is 110 cm³/mol. The number of aromatic amines is 1. The van der Waals surface area contributed by atoms with Gasteiger partial charge in [0.15, 0.2) is 11.5 Å². The van der Waals surface area contributed by atoms with Crippen molar-refractivity contribution < 1.29 is 19.0 Å². The Labute approximate surface area is 177 Å². The molecule has 0 unspecified atom stereocenters. The maximum Gasteiger partial charge on any atom is 0.182 e. The number of nitrogens with one attached hydrogen (secondary N) is 2. The van der Waals surface area contributed by atoms with Gasteiger partial charge in [-0.3, -0.25) is 15.5 Å². The summed E-state index contributed by atoms with van der Waals surface area (Å²) in [5.41, 5.74) is 4.42. The van der Waals surface area contributed by atoms with Crippen molar-refractivity contribution in [2.45, 2.75) is 12.8 Å². The number of amidine groups is 1. The highest BCUT2D eigenvalue weighted by atomic mass is 79.9. The maximum atomic E-state index is 13.4. The number of para-hydroxylation sites is 1. The van der Waals surface area contributed by atoms with Crippen LogP contribution in [0.25, 0.3) is 10.9 Å². The monoisotopic (exact) mass is 471 g/mol. The van der Waals surface area contributed by atoms with Crippen LogP contribution in [0, 0.1) is 5.82 Å². The standard InChI is InChI=1S/C20H15BrFN5O3/c21-15-8-12(5-6-16(15)22)24-20(25-29)19-18(26-30-27-19)9-13(28)7-11-10-23-17-4-2-1-3-14(11)17/h1-6,8,10,23,29H,7,9H2,(H,24,25). The molecule has 0 saturated heterocycles. The molecule has 0 saturated carbocycles. The van der Waals surface area contributed by atoms with Gasteiger partial charge in [-0.2, -0.15) is 0 Å². The van der Waals surface area contributed by atoms with Gasteiger partial charge in [-0.1, -0.05) is 23.4 Å². The van der Waals surface area contributed by atoms with Crippen LogP contribution in [0.1, 0.15) is 17.0 Å². The number of carbonyl (C=O) groups is 1. The molecule has 2 aromatic heterocycles. The van der Waals surface area contributed by atoms with Crippen molar-refractivity contribution in [1.29, 1.82) is 0 Å². The van der Waals surface area contributed by atoms with E-state index in [1.54, 1.807) is 6.20 Å². The summed E-state index contributed by atoms with van der Waals surface area (Å²) in [6.07, 6.45) is 1.94. The molecule has 2 heterocycles. The molecule has 0 amide bonds. The van der Waals surface area contributed by atoms with Crippen molar-refractivity contribution in [3.8, 4) is 0 Å². The summed E-state index contributed by atoms with van der Waals surface area (Å²) in [5.74, 6) is -0.637. The zero-order chi connectivity index (χ0) is 21.1. The number of hydrogen-bond acceptors (Lipinski definition) is 6. The zero-order valence-corrected chi connectivity index (χ0v) is 17.0. The lowest BCUT2D eigenvalue weighted by Gasteiger charge is -2.04. The number of ketones is 1. The number of carbonyl (C=O) groups excluding carboxylic acids is 1. The van der Waals surface area contributed by atoms with Crippen LogP contribution in [0.5, 0.6) is 0 Å². The van der Waals surface area contributed by atoms with Crippen LogP contribution in [0.15, 0.2) is 62.8 Å². The summed E-state index contributed by atoms with van der Waals surface area (Å²) in [6, 6.07) is 11.8. The second-order valence-corrected chi connectivity index (χ2v) is 7.34. The minimum Gasteiger partial charge on any atom is -0.361 e. The second-order valence-electron chi connectivity index (χ2n) is 6.48. The van der Waals surface area contributed by atoms with E-state index in [1.165, 1.54) is 18.2 Å². The van der Waals surface area contributed by atoms with E-state index >= 15 is 0 Å². The van der Waals surface area contributed by atoms with Crippen molar-refractivity contribution in [2.24, 2.45) is 4.99 Å². The van der Waals surface area contributed by atoms with E-state index in [0.29, 0.717) is 5.69 Å². The maximum absolute atomic E-state index is 13.4. The molecule has 0 radical (unpaired) electrons. The molecule has 0 atom stereocenters. The molecule has 0 aliphatic heterocycles. The molecule has 152 valence electrons. The van der Waals surface area contributed by atoms with Crippen molar-refractivity contribution in [2.75, 3.05) is 0 Å². The molecular formula is C20H15BrFN5O3. The fourth-order valence-electron chi connectivity index (χ4n) is 3.06. The van der Waals surface area contributed by atoms with E-state index < -0.39 is 5.82 Å². The predicted octanol–water partition coefficient (Wildman–Crippen LogP) is 3.86. The highest BCUT2D eigenvalue weighted by Crippen LogP contribution is 2.23. The van der Waals surface area contributed by atoms with E-state index in [2.05, 4.69) is 36.2 Å². The Hall–Kier alpha value is -3.37.